The number of nitrogens with zero attached hydrogens (tertiary/aromatic N) is 4. The molecule has 0 aliphatic carbocycles. The molecule has 2 amide bonds. The minimum atomic E-state index is -0.462. The van der Waals surface area contributed by atoms with Crippen molar-refractivity contribution < 1.29 is 14.0 Å². The molecule has 3 rings (SSSR count). The molecule has 26 heavy (non-hydrogen) atoms. The molecule has 2 heterocycles. The van der Waals surface area contributed by atoms with Crippen molar-refractivity contribution in [1.29, 1.82) is 0 Å². The summed E-state index contributed by atoms with van der Waals surface area (Å²) in [6.45, 7) is 3.21. The first-order valence-corrected chi connectivity index (χ1v) is 8.30. The quantitative estimate of drug-likeness (QED) is 0.811. The zero-order valence-electron chi connectivity index (χ0n) is 14.4. The van der Waals surface area contributed by atoms with Crippen molar-refractivity contribution >= 4 is 11.8 Å². The molecule has 1 aliphatic heterocycles. The lowest BCUT2D eigenvalue weighted by molar-refractivity contribution is -0.138. The fraction of sp³-hybridized carbons (Fsp3) is 0.333. The normalized spacial score (nSPS) is 14.4. The van der Waals surface area contributed by atoms with Crippen molar-refractivity contribution in [2.45, 2.75) is 13.5 Å². The smallest absolute Gasteiger partial charge is 0.254 e. The van der Waals surface area contributed by atoms with E-state index in [1.54, 1.807) is 28.0 Å². The molecule has 1 aliphatic rings. The lowest BCUT2D eigenvalue weighted by Crippen LogP contribution is -2.51. The minimum Gasteiger partial charge on any atom is -0.339 e. The van der Waals surface area contributed by atoms with Crippen molar-refractivity contribution in [3.05, 3.63) is 52.8 Å². The topological polar surface area (TPSA) is 75.5 Å². The second-order valence-electron chi connectivity index (χ2n) is 6.11. The van der Waals surface area contributed by atoms with E-state index in [0.717, 1.165) is 0 Å². The Kier molecular flexibility index (Phi) is 5.11. The van der Waals surface area contributed by atoms with Crippen molar-refractivity contribution in [3.63, 3.8) is 0 Å². The van der Waals surface area contributed by atoms with Crippen LogP contribution < -0.4 is 5.56 Å². The van der Waals surface area contributed by atoms with Gasteiger partial charge in [0.05, 0.1) is 12.0 Å². The molecule has 0 radical (unpaired) electrons. The van der Waals surface area contributed by atoms with Crippen molar-refractivity contribution in [2.75, 3.05) is 26.2 Å². The highest BCUT2D eigenvalue weighted by Gasteiger charge is 2.22. The van der Waals surface area contributed by atoms with E-state index in [-0.39, 0.29) is 29.6 Å². The molecule has 1 saturated heterocycles. The van der Waals surface area contributed by atoms with Gasteiger partial charge in [-0.05, 0) is 12.1 Å². The van der Waals surface area contributed by atoms with Gasteiger partial charge in [0, 0.05) is 44.7 Å². The molecule has 136 valence electrons. The van der Waals surface area contributed by atoms with E-state index in [1.165, 1.54) is 30.0 Å². The molecule has 1 fully saturated rings. The Labute approximate surface area is 149 Å². The molecule has 2 aromatic rings. The number of benzene rings is 1. The van der Waals surface area contributed by atoms with Crippen LogP contribution in [0.5, 0.6) is 0 Å². The van der Waals surface area contributed by atoms with Gasteiger partial charge in [-0.3, -0.25) is 19.0 Å². The zero-order chi connectivity index (χ0) is 18.7. The van der Waals surface area contributed by atoms with Gasteiger partial charge in [-0.25, -0.2) is 9.37 Å². The minimum absolute atomic E-state index is 0.0127. The van der Waals surface area contributed by atoms with Gasteiger partial charge in [0.15, 0.2) is 0 Å². The second-order valence-corrected chi connectivity index (χ2v) is 6.11. The number of aromatic nitrogens is 2. The van der Waals surface area contributed by atoms with Gasteiger partial charge in [-0.2, -0.15) is 0 Å². The monoisotopic (exact) mass is 358 g/mol. The summed E-state index contributed by atoms with van der Waals surface area (Å²) in [5.74, 6) is -0.687. The Morgan fingerprint density at radius 3 is 2.38 bits per heavy atom. The van der Waals surface area contributed by atoms with Crippen LogP contribution in [0.2, 0.25) is 0 Å². The molecule has 0 spiro atoms. The standard InChI is InChI=1S/C18H19FN4O3/c1-13(24)21-6-8-22(9-7-21)18(26)11-23-12-20-16(10-17(23)25)14-4-2-3-5-15(14)19/h2-5,10,12H,6-9,11H2,1H3. The molecule has 0 atom stereocenters. The number of rotatable bonds is 3. The van der Waals surface area contributed by atoms with Crippen LogP contribution in [-0.4, -0.2) is 57.3 Å². The van der Waals surface area contributed by atoms with Gasteiger partial charge < -0.3 is 9.80 Å². The fourth-order valence-electron chi connectivity index (χ4n) is 2.88. The van der Waals surface area contributed by atoms with E-state index in [2.05, 4.69) is 4.98 Å². The number of hydrogen-bond donors (Lipinski definition) is 0. The van der Waals surface area contributed by atoms with E-state index in [0.29, 0.717) is 26.2 Å². The third kappa shape index (κ3) is 3.79. The maximum absolute atomic E-state index is 13.8. The number of carbonyl (C=O) groups is 2. The SMILES string of the molecule is CC(=O)N1CCN(C(=O)Cn2cnc(-c3ccccc3F)cc2=O)CC1. The van der Waals surface area contributed by atoms with E-state index in [4.69, 9.17) is 0 Å². The molecule has 1 aromatic heterocycles. The third-order valence-electron chi connectivity index (χ3n) is 4.41. The predicted octanol–water partition coefficient (Wildman–Crippen LogP) is 0.740. The highest BCUT2D eigenvalue weighted by Crippen LogP contribution is 2.18. The van der Waals surface area contributed by atoms with Crippen LogP contribution in [0.15, 0.2) is 41.5 Å². The lowest BCUT2D eigenvalue weighted by atomic mass is 10.1. The summed E-state index contributed by atoms with van der Waals surface area (Å²) in [5, 5.41) is 0. The van der Waals surface area contributed by atoms with Gasteiger partial charge in [0.1, 0.15) is 12.4 Å². The van der Waals surface area contributed by atoms with E-state index >= 15 is 0 Å². The van der Waals surface area contributed by atoms with E-state index in [9.17, 15) is 18.8 Å². The number of piperazine rings is 1. The molecule has 0 saturated carbocycles. The Bertz CT molecular complexity index is 888. The summed E-state index contributed by atoms with van der Waals surface area (Å²) in [7, 11) is 0. The van der Waals surface area contributed by atoms with Gasteiger partial charge in [-0.1, -0.05) is 12.1 Å². The maximum Gasteiger partial charge on any atom is 0.254 e. The van der Waals surface area contributed by atoms with Crippen molar-refractivity contribution in [1.82, 2.24) is 19.4 Å². The molecular formula is C18H19FN4O3. The van der Waals surface area contributed by atoms with Gasteiger partial charge in [0.2, 0.25) is 11.8 Å². The summed E-state index contributed by atoms with van der Waals surface area (Å²) >= 11 is 0. The van der Waals surface area contributed by atoms with Gasteiger partial charge >= 0.3 is 0 Å². The number of halogens is 1. The Hall–Kier alpha value is -3.03. The lowest BCUT2D eigenvalue weighted by Gasteiger charge is -2.34. The van der Waals surface area contributed by atoms with Crippen LogP contribution in [0, 0.1) is 5.82 Å². The summed E-state index contributed by atoms with van der Waals surface area (Å²) in [5.41, 5.74) is 0.0456. The van der Waals surface area contributed by atoms with E-state index in [1.807, 2.05) is 0 Å². The fourth-order valence-corrected chi connectivity index (χ4v) is 2.88. The summed E-state index contributed by atoms with van der Waals surface area (Å²) < 4.78 is 15.0. The molecular weight excluding hydrogens is 339 g/mol. The van der Waals surface area contributed by atoms with Crippen molar-refractivity contribution in [2.24, 2.45) is 0 Å². The summed E-state index contributed by atoms with van der Waals surface area (Å²) in [6, 6.07) is 7.29. The highest BCUT2D eigenvalue weighted by atomic mass is 19.1. The van der Waals surface area contributed by atoms with Crippen LogP contribution >= 0.6 is 0 Å². The molecule has 7 nitrogen and oxygen atoms in total. The van der Waals surface area contributed by atoms with Crippen LogP contribution in [0.1, 0.15) is 6.92 Å². The van der Waals surface area contributed by atoms with Crippen LogP contribution in [0.3, 0.4) is 0 Å². The Balaban J connectivity index is 1.69. The van der Waals surface area contributed by atoms with Crippen LogP contribution in [-0.2, 0) is 16.1 Å². The van der Waals surface area contributed by atoms with Gasteiger partial charge in [0.25, 0.3) is 5.56 Å². The van der Waals surface area contributed by atoms with Crippen LogP contribution in [0.25, 0.3) is 11.3 Å². The van der Waals surface area contributed by atoms with E-state index < -0.39 is 11.4 Å². The first-order valence-electron chi connectivity index (χ1n) is 8.30. The average molecular weight is 358 g/mol. The average Bonchev–Trinajstić information content (AvgIpc) is 2.64. The predicted molar refractivity (Wildman–Crippen MR) is 92.7 cm³/mol. The third-order valence-corrected chi connectivity index (χ3v) is 4.41. The highest BCUT2D eigenvalue weighted by molar-refractivity contribution is 5.77. The van der Waals surface area contributed by atoms with Crippen molar-refractivity contribution in [3.8, 4) is 11.3 Å². The number of amides is 2. The summed E-state index contributed by atoms with van der Waals surface area (Å²) in [4.78, 5) is 43.4. The Morgan fingerprint density at radius 2 is 1.77 bits per heavy atom. The molecule has 8 heteroatoms. The zero-order valence-corrected chi connectivity index (χ0v) is 14.4. The molecule has 1 aromatic carbocycles. The largest absolute Gasteiger partial charge is 0.339 e. The molecule has 0 bridgehead atoms. The first-order chi connectivity index (χ1) is 12.5. The molecule has 0 unspecified atom stereocenters. The second kappa shape index (κ2) is 7.47. The number of carbonyl (C=O) groups excluding carboxylic acids is 2. The Morgan fingerprint density at radius 1 is 1.12 bits per heavy atom. The van der Waals surface area contributed by atoms with Gasteiger partial charge in [-0.15, -0.1) is 0 Å². The summed E-state index contributed by atoms with van der Waals surface area (Å²) in [6.07, 6.45) is 1.26. The number of hydrogen-bond acceptors (Lipinski definition) is 4. The first kappa shape index (κ1) is 17.8. The molecule has 0 N–H and O–H groups in total. The maximum atomic E-state index is 13.8. The van der Waals surface area contributed by atoms with Crippen LogP contribution in [0.4, 0.5) is 4.39 Å².